The molecule has 19 heavy (non-hydrogen) atoms. The van der Waals surface area contributed by atoms with Crippen LogP contribution in [0.5, 0.6) is 0 Å². The van der Waals surface area contributed by atoms with Gasteiger partial charge in [-0.2, -0.15) is 0 Å². The molecule has 0 radical (unpaired) electrons. The van der Waals surface area contributed by atoms with Gasteiger partial charge in [-0.3, -0.25) is 4.79 Å². The lowest BCUT2D eigenvalue weighted by atomic mass is 9.96. The van der Waals surface area contributed by atoms with Crippen LogP contribution in [0.25, 0.3) is 0 Å². The highest BCUT2D eigenvalue weighted by Gasteiger charge is 2.28. The molecule has 6 nitrogen and oxygen atoms in total. The second-order valence-electron chi connectivity index (χ2n) is 4.01. The molecule has 0 saturated carbocycles. The summed E-state index contributed by atoms with van der Waals surface area (Å²) in [7, 11) is 0. The van der Waals surface area contributed by atoms with Crippen LogP contribution in [-0.2, 0) is 4.79 Å². The predicted molar refractivity (Wildman–Crippen MR) is 71.9 cm³/mol. The van der Waals surface area contributed by atoms with Crippen molar-refractivity contribution in [2.45, 2.75) is 12.8 Å². The lowest BCUT2D eigenvalue weighted by Crippen LogP contribution is -2.41. The molecule has 0 saturated heterocycles. The maximum absolute atomic E-state index is 12.4. The fraction of sp³-hybridized carbons (Fsp3) is 0.385. The van der Waals surface area contributed by atoms with Crippen LogP contribution in [0.2, 0.25) is 0 Å². The Labute approximate surface area is 112 Å². The average Bonchev–Trinajstić information content (AvgIpc) is 2.45. The van der Waals surface area contributed by atoms with Gasteiger partial charge in [0.1, 0.15) is 5.92 Å². The van der Waals surface area contributed by atoms with Crippen molar-refractivity contribution in [3.8, 4) is 0 Å². The number of nitrogens with two attached hydrogens (primary N) is 1. The molecule has 0 aromatic heterocycles. The quantitative estimate of drug-likeness (QED) is 0.299. The van der Waals surface area contributed by atoms with Crippen LogP contribution in [0.4, 0.5) is 0 Å². The average molecular weight is 265 g/mol. The Bertz CT molecular complexity index is 434. The van der Waals surface area contributed by atoms with E-state index in [0.717, 1.165) is 0 Å². The van der Waals surface area contributed by atoms with E-state index < -0.39 is 5.92 Å². The zero-order valence-corrected chi connectivity index (χ0v) is 10.9. The molecule has 1 aromatic rings. The molecule has 1 rings (SSSR count). The van der Waals surface area contributed by atoms with Gasteiger partial charge in [-0.25, -0.2) is 0 Å². The van der Waals surface area contributed by atoms with E-state index in [-0.39, 0.29) is 24.9 Å². The number of aliphatic hydroxyl groups excluding tert-OH is 1. The fourth-order valence-electron chi connectivity index (χ4n) is 1.87. The van der Waals surface area contributed by atoms with E-state index in [1.807, 2.05) is 13.0 Å². The number of aliphatic hydroxyl groups is 1. The SMILES string of the molecule is CCN(CCO)C(=O)C(C(N)=NO)c1ccccc1. The third kappa shape index (κ3) is 3.69. The zero-order valence-electron chi connectivity index (χ0n) is 10.9. The number of likely N-dealkylation sites (N-methyl/N-ethyl adjacent to an activating group) is 1. The molecule has 1 aromatic carbocycles. The van der Waals surface area contributed by atoms with Crippen molar-refractivity contribution >= 4 is 11.7 Å². The summed E-state index contributed by atoms with van der Waals surface area (Å²) < 4.78 is 0. The van der Waals surface area contributed by atoms with Crippen molar-refractivity contribution in [1.82, 2.24) is 4.90 Å². The van der Waals surface area contributed by atoms with Crippen molar-refractivity contribution in [3.05, 3.63) is 35.9 Å². The second kappa shape index (κ2) is 7.38. The first kappa shape index (κ1) is 15.0. The molecule has 0 aliphatic carbocycles. The molecule has 0 spiro atoms. The lowest BCUT2D eigenvalue weighted by Gasteiger charge is -2.25. The summed E-state index contributed by atoms with van der Waals surface area (Å²) in [5.41, 5.74) is 6.28. The molecule has 6 heteroatoms. The van der Waals surface area contributed by atoms with Gasteiger partial charge in [-0.1, -0.05) is 35.5 Å². The standard InChI is InChI=1S/C13H19N3O3/c1-2-16(8-9-17)13(18)11(12(14)15-19)10-6-4-3-5-7-10/h3-7,11,17,19H,2,8-9H2,1H3,(H2,14,15). The first-order chi connectivity index (χ1) is 9.15. The summed E-state index contributed by atoms with van der Waals surface area (Å²) in [5, 5.41) is 20.8. The summed E-state index contributed by atoms with van der Waals surface area (Å²) in [6.45, 7) is 2.35. The number of nitrogens with zero attached hydrogens (tertiary/aromatic N) is 2. The molecular formula is C13H19N3O3. The van der Waals surface area contributed by atoms with Crippen LogP contribution >= 0.6 is 0 Å². The number of amidine groups is 1. The van der Waals surface area contributed by atoms with Gasteiger partial charge in [0, 0.05) is 13.1 Å². The molecule has 0 aliphatic rings. The maximum atomic E-state index is 12.4. The van der Waals surface area contributed by atoms with Crippen LogP contribution in [0, 0.1) is 0 Å². The topological polar surface area (TPSA) is 99.2 Å². The number of hydrogen-bond acceptors (Lipinski definition) is 4. The highest BCUT2D eigenvalue weighted by atomic mass is 16.4. The Morgan fingerprint density at radius 2 is 2.05 bits per heavy atom. The Balaban J connectivity index is 3.08. The normalized spacial score (nSPS) is 13.1. The second-order valence-corrected chi connectivity index (χ2v) is 4.01. The summed E-state index contributed by atoms with van der Waals surface area (Å²) >= 11 is 0. The smallest absolute Gasteiger partial charge is 0.237 e. The zero-order chi connectivity index (χ0) is 14.3. The van der Waals surface area contributed by atoms with Gasteiger partial charge < -0.3 is 20.9 Å². The molecule has 0 fully saturated rings. The Morgan fingerprint density at radius 1 is 1.42 bits per heavy atom. The van der Waals surface area contributed by atoms with E-state index in [2.05, 4.69) is 5.16 Å². The van der Waals surface area contributed by atoms with Gasteiger partial charge in [-0.15, -0.1) is 0 Å². The summed E-state index contributed by atoms with van der Waals surface area (Å²) in [6, 6.07) is 8.87. The first-order valence-electron chi connectivity index (χ1n) is 6.07. The van der Waals surface area contributed by atoms with Crippen LogP contribution in [0.3, 0.4) is 0 Å². The fourth-order valence-corrected chi connectivity index (χ4v) is 1.87. The third-order valence-electron chi connectivity index (χ3n) is 2.85. The molecular weight excluding hydrogens is 246 g/mol. The van der Waals surface area contributed by atoms with Gasteiger partial charge in [0.25, 0.3) is 0 Å². The van der Waals surface area contributed by atoms with E-state index in [4.69, 9.17) is 16.0 Å². The van der Waals surface area contributed by atoms with Crippen molar-refractivity contribution in [2.75, 3.05) is 19.7 Å². The van der Waals surface area contributed by atoms with E-state index in [1.54, 1.807) is 24.3 Å². The molecule has 1 amide bonds. The van der Waals surface area contributed by atoms with E-state index in [0.29, 0.717) is 12.1 Å². The molecule has 0 bridgehead atoms. The highest BCUT2D eigenvalue weighted by molar-refractivity contribution is 6.07. The number of hydrogen-bond donors (Lipinski definition) is 3. The minimum atomic E-state index is -0.835. The van der Waals surface area contributed by atoms with Crippen molar-refractivity contribution in [3.63, 3.8) is 0 Å². The molecule has 1 atom stereocenters. The van der Waals surface area contributed by atoms with E-state index in [1.165, 1.54) is 4.90 Å². The lowest BCUT2D eigenvalue weighted by molar-refractivity contribution is -0.131. The number of amides is 1. The van der Waals surface area contributed by atoms with Crippen LogP contribution < -0.4 is 5.73 Å². The van der Waals surface area contributed by atoms with Gasteiger partial charge in [0.15, 0.2) is 5.84 Å². The Hall–Kier alpha value is -2.08. The molecule has 0 aliphatic heterocycles. The van der Waals surface area contributed by atoms with E-state index in [9.17, 15) is 4.79 Å². The van der Waals surface area contributed by atoms with E-state index >= 15 is 0 Å². The molecule has 0 heterocycles. The van der Waals surface area contributed by atoms with Crippen LogP contribution in [0.15, 0.2) is 35.5 Å². The number of benzene rings is 1. The largest absolute Gasteiger partial charge is 0.409 e. The van der Waals surface area contributed by atoms with Gasteiger partial charge in [0.2, 0.25) is 5.91 Å². The molecule has 1 unspecified atom stereocenters. The van der Waals surface area contributed by atoms with Crippen LogP contribution in [-0.4, -0.2) is 46.7 Å². The highest BCUT2D eigenvalue weighted by Crippen LogP contribution is 2.18. The number of carbonyl (C=O) groups is 1. The third-order valence-corrected chi connectivity index (χ3v) is 2.85. The van der Waals surface area contributed by atoms with Crippen molar-refractivity contribution < 1.29 is 15.1 Å². The van der Waals surface area contributed by atoms with Crippen molar-refractivity contribution in [1.29, 1.82) is 0 Å². The first-order valence-corrected chi connectivity index (χ1v) is 6.07. The Kier molecular flexibility index (Phi) is 5.81. The molecule has 104 valence electrons. The van der Waals surface area contributed by atoms with Gasteiger partial charge in [-0.05, 0) is 12.5 Å². The summed E-state index contributed by atoms with van der Waals surface area (Å²) in [6.07, 6.45) is 0. The Morgan fingerprint density at radius 3 is 2.53 bits per heavy atom. The summed E-state index contributed by atoms with van der Waals surface area (Å²) in [5.74, 6) is -1.29. The monoisotopic (exact) mass is 265 g/mol. The number of rotatable bonds is 6. The van der Waals surface area contributed by atoms with Crippen molar-refractivity contribution in [2.24, 2.45) is 10.9 Å². The number of oxime groups is 1. The minimum absolute atomic E-state index is 0.128. The predicted octanol–water partition coefficient (Wildman–Crippen LogP) is 0.357. The maximum Gasteiger partial charge on any atom is 0.237 e. The van der Waals surface area contributed by atoms with Gasteiger partial charge in [0.05, 0.1) is 6.61 Å². The van der Waals surface area contributed by atoms with Crippen LogP contribution in [0.1, 0.15) is 18.4 Å². The number of carbonyl (C=O) groups excluding carboxylic acids is 1. The summed E-state index contributed by atoms with van der Waals surface area (Å²) in [4.78, 5) is 13.9. The molecule has 4 N–H and O–H groups in total. The minimum Gasteiger partial charge on any atom is -0.409 e. The van der Waals surface area contributed by atoms with Gasteiger partial charge >= 0.3 is 0 Å².